The highest BCUT2D eigenvalue weighted by atomic mass is 19.2. The van der Waals surface area contributed by atoms with Crippen molar-refractivity contribution in [1.29, 1.82) is 0 Å². The number of nitrogens with two attached hydrogens (primary N) is 1. The van der Waals surface area contributed by atoms with Gasteiger partial charge in [-0.05, 0) is 30.2 Å². The lowest BCUT2D eigenvalue weighted by atomic mass is 10.1. The van der Waals surface area contributed by atoms with Crippen LogP contribution in [-0.2, 0) is 11.2 Å². The average Bonchev–Trinajstić information content (AvgIpc) is 2.14. The molecular formula is C9H10F2N2O. The van der Waals surface area contributed by atoms with E-state index in [2.05, 4.69) is 0 Å². The molecule has 1 rings (SSSR count). The Balaban J connectivity index is 2.98. The monoisotopic (exact) mass is 200 g/mol. The smallest absolute Gasteiger partial charge is 0.238 e. The Morgan fingerprint density at radius 1 is 1.43 bits per heavy atom. The second-order valence-electron chi connectivity index (χ2n) is 2.94. The summed E-state index contributed by atoms with van der Waals surface area (Å²) in [6.45, 7) is 1.60. The predicted molar refractivity (Wildman–Crippen MR) is 47.1 cm³/mol. The van der Waals surface area contributed by atoms with E-state index < -0.39 is 17.5 Å². The van der Waals surface area contributed by atoms with Crippen LogP contribution in [0.25, 0.3) is 0 Å². The van der Waals surface area contributed by atoms with E-state index in [0.29, 0.717) is 11.1 Å². The molecule has 0 saturated heterocycles. The molecular weight excluding hydrogens is 190 g/mol. The third-order valence-corrected chi connectivity index (χ3v) is 1.89. The Kier molecular flexibility index (Phi) is 3.14. The molecule has 0 aliphatic heterocycles. The lowest BCUT2D eigenvalue weighted by molar-refractivity contribution is -0.120. The summed E-state index contributed by atoms with van der Waals surface area (Å²) in [6.07, 6.45) is -0.0560. The first-order valence-corrected chi connectivity index (χ1v) is 3.98. The molecule has 0 unspecified atom stereocenters. The van der Waals surface area contributed by atoms with E-state index in [0.717, 1.165) is 12.1 Å². The summed E-state index contributed by atoms with van der Waals surface area (Å²) in [7, 11) is 0. The molecule has 0 fully saturated rings. The van der Waals surface area contributed by atoms with E-state index in [9.17, 15) is 13.6 Å². The molecule has 0 spiro atoms. The summed E-state index contributed by atoms with van der Waals surface area (Å²) >= 11 is 0. The molecule has 5 heteroatoms. The Bertz CT molecular complexity index is 366. The van der Waals surface area contributed by atoms with Gasteiger partial charge in [-0.3, -0.25) is 10.2 Å². The first-order chi connectivity index (χ1) is 6.54. The Hall–Kier alpha value is -1.49. The van der Waals surface area contributed by atoms with Crippen molar-refractivity contribution in [3.05, 3.63) is 34.9 Å². The first-order valence-electron chi connectivity index (χ1n) is 3.98. The molecule has 0 atom stereocenters. The van der Waals surface area contributed by atoms with Gasteiger partial charge in [0.05, 0.1) is 6.42 Å². The fourth-order valence-corrected chi connectivity index (χ4v) is 1.10. The number of carbonyl (C=O) groups excluding carboxylic acids is 1. The number of amides is 1. The minimum Gasteiger partial charge on any atom is -0.294 e. The highest BCUT2D eigenvalue weighted by Gasteiger charge is 2.09. The van der Waals surface area contributed by atoms with Crippen molar-refractivity contribution in [2.24, 2.45) is 5.84 Å². The van der Waals surface area contributed by atoms with Crippen molar-refractivity contribution in [2.75, 3.05) is 0 Å². The minimum absolute atomic E-state index is 0.0560. The minimum atomic E-state index is -0.963. The SMILES string of the molecule is Cc1cc(F)c(F)cc1CC(=O)NN. The Morgan fingerprint density at radius 2 is 2.00 bits per heavy atom. The second-order valence-corrected chi connectivity index (χ2v) is 2.94. The van der Waals surface area contributed by atoms with Gasteiger partial charge in [0.1, 0.15) is 0 Å². The van der Waals surface area contributed by atoms with Gasteiger partial charge in [-0.2, -0.15) is 0 Å². The van der Waals surface area contributed by atoms with Crippen LogP contribution in [0, 0.1) is 18.6 Å². The van der Waals surface area contributed by atoms with Gasteiger partial charge < -0.3 is 0 Å². The molecule has 0 aromatic heterocycles. The maximum Gasteiger partial charge on any atom is 0.238 e. The molecule has 1 aromatic carbocycles. The Morgan fingerprint density at radius 3 is 2.57 bits per heavy atom. The summed E-state index contributed by atoms with van der Waals surface area (Å²) in [5.41, 5.74) is 2.86. The van der Waals surface area contributed by atoms with E-state index in [1.807, 2.05) is 5.43 Å². The van der Waals surface area contributed by atoms with Crippen molar-refractivity contribution < 1.29 is 13.6 Å². The molecule has 3 nitrogen and oxygen atoms in total. The molecule has 1 amide bonds. The first kappa shape index (κ1) is 10.6. The van der Waals surface area contributed by atoms with Crippen LogP contribution >= 0.6 is 0 Å². The van der Waals surface area contributed by atoms with E-state index in [-0.39, 0.29) is 6.42 Å². The van der Waals surface area contributed by atoms with Crippen molar-refractivity contribution >= 4 is 5.91 Å². The number of aryl methyl sites for hydroxylation is 1. The maximum absolute atomic E-state index is 12.8. The highest BCUT2D eigenvalue weighted by Crippen LogP contribution is 2.14. The number of carbonyl (C=O) groups is 1. The number of rotatable bonds is 2. The number of hydrogen-bond donors (Lipinski definition) is 2. The van der Waals surface area contributed by atoms with Gasteiger partial charge in [-0.1, -0.05) is 0 Å². The molecule has 1 aromatic rings. The standard InChI is InChI=1S/C9H10F2N2O/c1-5-2-7(10)8(11)3-6(5)4-9(14)13-12/h2-3H,4,12H2,1H3,(H,13,14). The van der Waals surface area contributed by atoms with Crippen molar-refractivity contribution in [2.45, 2.75) is 13.3 Å². The fraction of sp³-hybridized carbons (Fsp3) is 0.222. The van der Waals surface area contributed by atoms with E-state index in [4.69, 9.17) is 5.84 Å². The quantitative estimate of drug-likeness (QED) is 0.421. The van der Waals surface area contributed by atoms with Crippen molar-refractivity contribution in [3.8, 4) is 0 Å². The average molecular weight is 200 g/mol. The zero-order chi connectivity index (χ0) is 10.7. The summed E-state index contributed by atoms with van der Waals surface area (Å²) in [6, 6.07) is 2.05. The zero-order valence-electron chi connectivity index (χ0n) is 7.60. The van der Waals surface area contributed by atoms with Gasteiger partial charge in [-0.25, -0.2) is 14.6 Å². The van der Waals surface area contributed by atoms with Gasteiger partial charge >= 0.3 is 0 Å². The summed E-state index contributed by atoms with van der Waals surface area (Å²) in [5, 5.41) is 0. The molecule has 0 aliphatic rings. The van der Waals surface area contributed by atoms with Gasteiger partial charge in [0.15, 0.2) is 11.6 Å². The Labute approximate surface area is 79.9 Å². The van der Waals surface area contributed by atoms with Crippen LogP contribution in [0.1, 0.15) is 11.1 Å². The number of nitrogens with one attached hydrogen (secondary N) is 1. The van der Waals surface area contributed by atoms with Crippen LogP contribution in [0.4, 0.5) is 8.78 Å². The maximum atomic E-state index is 12.8. The number of hydrazine groups is 1. The number of benzene rings is 1. The predicted octanol–water partition coefficient (Wildman–Crippen LogP) is 0.806. The third kappa shape index (κ3) is 2.26. The van der Waals surface area contributed by atoms with Gasteiger partial charge in [0.25, 0.3) is 0 Å². The molecule has 0 radical (unpaired) electrons. The highest BCUT2D eigenvalue weighted by molar-refractivity contribution is 5.78. The van der Waals surface area contributed by atoms with Crippen LogP contribution in [0.2, 0.25) is 0 Å². The van der Waals surface area contributed by atoms with Crippen LogP contribution < -0.4 is 11.3 Å². The van der Waals surface area contributed by atoms with E-state index in [1.54, 1.807) is 6.92 Å². The van der Waals surface area contributed by atoms with E-state index >= 15 is 0 Å². The van der Waals surface area contributed by atoms with Crippen molar-refractivity contribution in [3.63, 3.8) is 0 Å². The molecule has 76 valence electrons. The topological polar surface area (TPSA) is 55.1 Å². The van der Waals surface area contributed by atoms with Gasteiger partial charge in [0, 0.05) is 0 Å². The fourth-order valence-electron chi connectivity index (χ4n) is 1.10. The van der Waals surface area contributed by atoms with Crippen LogP contribution in [0.15, 0.2) is 12.1 Å². The molecule has 0 bridgehead atoms. The van der Waals surface area contributed by atoms with Crippen LogP contribution in [0.3, 0.4) is 0 Å². The third-order valence-electron chi connectivity index (χ3n) is 1.89. The largest absolute Gasteiger partial charge is 0.294 e. The van der Waals surface area contributed by atoms with Crippen LogP contribution in [0.5, 0.6) is 0 Å². The van der Waals surface area contributed by atoms with Gasteiger partial charge in [-0.15, -0.1) is 0 Å². The molecule has 0 aliphatic carbocycles. The zero-order valence-corrected chi connectivity index (χ0v) is 7.60. The van der Waals surface area contributed by atoms with E-state index in [1.165, 1.54) is 0 Å². The normalized spacial score (nSPS) is 10.0. The number of halogens is 2. The van der Waals surface area contributed by atoms with Crippen LogP contribution in [-0.4, -0.2) is 5.91 Å². The number of hydrogen-bond acceptors (Lipinski definition) is 2. The van der Waals surface area contributed by atoms with Gasteiger partial charge in [0.2, 0.25) is 5.91 Å². The van der Waals surface area contributed by atoms with Crippen molar-refractivity contribution in [1.82, 2.24) is 5.43 Å². The lowest BCUT2D eigenvalue weighted by Crippen LogP contribution is -2.31. The molecule has 0 heterocycles. The lowest BCUT2D eigenvalue weighted by Gasteiger charge is -2.05. The molecule has 3 N–H and O–H groups in total. The summed E-state index contributed by atoms with van der Waals surface area (Å²) in [5.74, 6) is 2.55. The molecule has 0 saturated carbocycles. The summed E-state index contributed by atoms with van der Waals surface area (Å²) < 4.78 is 25.5. The molecule has 14 heavy (non-hydrogen) atoms. The summed E-state index contributed by atoms with van der Waals surface area (Å²) in [4.78, 5) is 10.9. The second kappa shape index (κ2) is 4.15.